The molecule has 0 aromatic carbocycles. The van der Waals surface area contributed by atoms with Crippen molar-refractivity contribution in [2.75, 3.05) is 0 Å². The van der Waals surface area contributed by atoms with Gasteiger partial charge in [0.05, 0.1) is 5.69 Å². The summed E-state index contributed by atoms with van der Waals surface area (Å²) >= 11 is 0. The molecule has 1 heterocycles. The fraction of sp³-hybridized carbons (Fsp3) is 0.800. The maximum Gasteiger partial charge on any atom is 0.272 e. The highest BCUT2D eigenvalue weighted by Crippen LogP contribution is 2.40. The average molecular weight is 329 g/mol. The van der Waals surface area contributed by atoms with Crippen molar-refractivity contribution >= 4 is 5.91 Å². The molecule has 132 valence electrons. The van der Waals surface area contributed by atoms with Crippen LogP contribution in [0.5, 0.6) is 0 Å². The molecule has 4 heteroatoms. The summed E-state index contributed by atoms with van der Waals surface area (Å²) in [6.07, 6.45) is 15.0. The topological polar surface area (TPSA) is 38.1 Å². The third-order valence-corrected chi connectivity index (χ3v) is 6.28. The molecule has 0 bridgehead atoms. The molecule has 1 amide bonds. The van der Waals surface area contributed by atoms with E-state index in [-0.39, 0.29) is 5.91 Å². The monoisotopic (exact) mass is 329 g/mol. The van der Waals surface area contributed by atoms with Gasteiger partial charge in [0.15, 0.2) is 0 Å². The van der Waals surface area contributed by atoms with Crippen molar-refractivity contribution in [1.82, 2.24) is 14.7 Å². The second-order valence-corrected chi connectivity index (χ2v) is 8.15. The van der Waals surface area contributed by atoms with E-state index in [4.69, 9.17) is 0 Å². The molecule has 3 fully saturated rings. The van der Waals surface area contributed by atoms with Gasteiger partial charge in [-0.15, -0.1) is 0 Å². The van der Waals surface area contributed by atoms with Crippen LogP contribution in [0.15, 0.2) is 6.07 Å². The van der Waals surface area contributed by atoms with Gasteiger partial charge < -0.3 is 4.90 Å². The van der Waals surface area contributed by atoms with Crippen LogP contribution in [0.3, 0.4) is 0 Å². The second-order valence-electron chi connectivity index (χ2n) is 8.15. The number of amides is 1. The van der Waals surface area contributed by atoms with Gasteiger partial charge in [0.25, 0.3) is 5.91 Å². The first-order chi connectivity index (χ1) is 11.7. The highest BCUT2D eigenvalue weighted by Gasteiger charge is 2.35. The lowest BCUT2D eigenvalue weighted by Gasteiger charge is -2.41. The minimum absolute atomic E-state index is 0.246. The van der Waals surface area contributed by atoms with E-state index < -0.39 is 0 Å². The molecule has 3 saturated carbocycles. The van der Waals surface area contributed by atoms with Crippen molar-refractivity contribution in [2.24, 2.45) is 7.05 Å². The minimum Gasteiger partial charge on any atom is -0.331 e. The lowest BCUT2D eigenvalue weighted by atomic mass is 9.88. The molecule has 1 aromatic rings. The number of nitrogens with zero attached hydrogens (tertiary/aromatic N) is 3. The fourth-order valence-corrected chi connectivity index (χ4v) is 4.75. The van der Waals surface area contributed by atoms with Crippen molar-refractivity contribution in [1.29, 1.82) is 0 Å². The van der Waals surface area contributed by atoms with Crippen LogP contribution in [-0.2, 0) is 7.05 Å². The van der Waals surface area contributed by atoms with Crippen molar-refractivity contribution < 1.29 is 4.79 Å². The molecule has 3 aliphatic rings. The maximum absolute atomic E-state index is 13.5. The summed E-state index contributed by atoms with van der Waals surface area (Å²) in [6, 6.07) is 2.99. The Hall–Kier alpha value is -1.32. The third-order valence-electron chi connectivity index (χ3n) is 6.28. The molecule has 0 N–H and O–H groups in total. The van der Waals surface area contributed by atoms with E-state index in [1.807, 2.05) is 11.7 Å². The standard InChI is InChI=1S/C20H31N3O/c1-22-19(14-18(21-22)15-12-13-15)20(24)23(16-8-4-2-5-9-16)17-10-6-3-7-11-17/h14-17H,2-13H2,1H3. The van der Waals surface area contributed by atoms with E-state index in [9.17, 15) is 4.79 Å². The van der Waals surface area contributed by atoms with Gasteiger partial charge in [-0.3, -0.25) is 9.48 Å². The van der Waals surface area contributed by atoms with Gasteiger partial charge in [0, 0.05) is 25.0 Å². The van der Waals surface area contributed by atoms with Crippen molar-refractivity contribution in [3.05, 3.63) is 17.5 Å². The summed E-state index contributed by atoms with van der Waals surface area (Å²) < 4.78 is 1.84. The van der Waals surface area contributed by atoms with E-state index in [0.717, 1.165) is 11.4 Å². The first kappa shape index (κ1) is 16.2. The van der Waals surface area contributed by atoms with Gasteiger partial charge in [-0.2, -0.15) is 5.10 Å². The lowest BCUT2D eigenvalue weighted by Crippen LogP contribution is -2.49. The van der Waals surface area contributed by atoms with Gasteiger partial charge in [0.1, 0.15) is 5.69 Å². The molecule has 0 spiro atoms. The first-order valence-corrected chi connectivity index (χ1v) is 10.1. The molecular weight excluding hydrogens is 298 g/mol. The Morgan fingerprint density at radius 2 is 1.50 bits per heavy atom. The van der Waals surface area contributed by atoms with Crippen molar-refractivity contribution in [3.63, 3.8) is 0 Å². The summed E-state index contributed by atoms with van der Waals surface area (Å²) in [7, 11) is 1.94. The molecule has 1 aromatic heterocycles. The zero-order valence-corrected chi connectivity index (χ0v) is 15.0. The number of rotatable bonds is 4. The van der Waals surface area contributed by atoms with Gasteiger partial charge >= 0.3 is 0 Å². The Balaban J connectivity index is 1.59. The molecule has 0 saturated heterocycles. The summed E-state index contributed by atoms with van der Waals surface area (Å²) in [6.45, 7) is 0. The van der Waals surface area contributed by atoms with Crippen molar-refractivity contribution in [3.8, 4) is 0 Å². The van der Waals surface area contributed by atoms with Crippen LogP contribution in [0.2, 0.25) is 0 Å². The SMILES string of the molecule is Cn1nc(C2CC2)cc1C(=O)N(C1CCCCC1)C1CCCCC1. The predicted molar refractivity (Wildman–Crippen MR) is 95.1 cm³/mol. The predicted octanol–water partition coefficient (Wildman–Crippen LogP) is 4.41. The summed E-state index contributed by atoms with van der Waals surface area (Å²) in [4.78, 5) is 15.8. The second kappa shape index (κ2) is 6.89. The van der Waals surface area contributed by atoms with Crippen LogP contribution in [0.1, 0.15) is 99.2 Å². The van der Waals surface area contributed by atoms with Crippen LogP contribution < -0.4 is 0 Å². The lowest BCUT2D eigenvalue weighted by molar-refractivity contribution is 0.0437. The summed E-state index contributed by atoms with van der Waals surface area (Å²) in [5, 5.41) is 4.64. The zero-order chi connectivity index (χ0) is 16.5. The Bertz CT molecular complexity index is 560. The Morgan fingerprint density at radius 1 is 0.958 bits per heavy atom. The van der Waals surface area contributed by atoms with Crippen molar-refractivity contribution in [2.45, 2.75) is 95.1 Å². The van der Waals surface area contributed by atoms with Crippen LogP contribution in [-0.4, -0.2) is 32.7 Å². The molecule has 3 aliphatic carbocycles. The van der Waals surface area contributed by atoms with E-state index in [1.165, 1.54) is 77.0 Å². The minimum atomic E-state index is 0.246. The molecule has 0 aliphatic heterocycles. The molecule has 0 atom stereocenters. The molecule has 0 radical (unpaired) electrons. The van der Waals surface area contributed by atoms with Gasteiger partial charge in [-0.05, 0) is 44.6 Å². The number of hydrogen-bond acceptors (Lipinski definition) is 2. The molecule has 0 unspecified atom stereocenters. The first-order valence-electron chi connectivity index (χ1n) is 10.1. The van der Waals surface area contributed by atoms with Crippen LogP contribution in [0, 0.1) is 0 Å². The average Bonchev–Trinajstić information content (AvgIpc) is 3.39. The summed E-state index contributed by atoms with van der Waals surface area (Å²) in [5.41, 5.74) is 1.95. The normalized spacial score (nSPS) is 23.4. The maximum atomic E-state index is 13.5. The number of carbonyl (C=O) groups excluding carboxylic acids is 1. The van der Waals surface area contributed by atoms with E-state index in [0.29, 0.717) is 18.0 Å². The van der Waals surface area contributed by atoms with Gasteiger partial charge in [-0.1, -0.05) is 38.5 Å². The van der Waals surface area contributed by atoms with Gasteiger partial charge in [0.2, 0.25) is 0 Å². The number of aromatic nitrogens is 2. The smallest absolute Gasteiger partial charge is 0.272 e. The Labute approximate surface area is 145 Å². The van der Waals surface area contributed by atoms with E-state index >= 15 is 0 Å². The highest BCUT2D eigenvalue weighted by molar-refractivity contribution is 5.93. The number of carbonyl (C=O) groups is 1. The van der Waals surface area contributed by atoms with Crippen LogP contribution in [0.25, 0.3) is 0 Å². The van der Waals surface area contributed by atoms with Crippen LogP contribution >= 0.6 is 0 Å². The van der Waals surface area contributed by atoms with Gasteiger partial charge in [-0.25, -0.2) is 0 Å². The largest absolute Gasteiger partial charge is 0.331 e. The zero-order valence-electron chi connectivity index (χ0n) is 15.0. The summed E-state index contributed by atoms with van der Waals surface area (Å²) in [5.74, 6) is 0.853. The molecular formula is C20H31N3O. The number of aryl methyl sites for hydroxylation is 1. The Kier molecular flexibility index (Phi) is 4.64. The quantitative estimate of drug-likeness (QED) is 0.821. The Morgan fingerprint density at radius 3 is 2.00 bits per heavy atom. The highest BCUT2D eigenvalue weighted by atomic mass is 16.2. The third kappa shape index (κ3) is 3.25. The molecule has 4 rings (SSSR count). The molecule has 4 nitrogen and oxygen atoms in total. The van der Waals surface area contributed by atoms with E-state index in [1.54, 1.807) is 0 Å². The number of hydrogen-bond donors (Lipinski definition) is 0. The fourth-order valence-electron chi connectivity index (χ4n) is 4.75. The van der Waals surface area contributed by atoms with E-state index in [2.05, 4.69) is 16.1 Å². The molecule has 24 heavy (non-hydrogen) atoms. The van der Waals surface area contributed by atoms with Crippen LogP contribution in [0.4, 0.5) is 0 Å².